The zero-order valence-electron chi connectivity index (χ0n) is 18.0. The van der Waals surface area contributed by atoms with Gasteiger partial charge in [0.15, 0.2) is 0 Å². The maximum atomic E-state index is 13.3. The van der Waals surface area contributed by atoms with Crippen molar-refractivity contribution < 1.29 is 18.7 Å². The van der Waals surface area contributed by atoms with Crippen LogP contribution >= 0.6 is 11.6 Å². The number of nitrogens with zero attached hydrogens (tertiary/aromatic N) is 2. The van der Waals surface area contributed by atoms with Crippen molar-refractivity contribution in [1.82, 2.24) is 4.90 Å². The van der Waals surface area contributed by atoms with Gasteiger partial charge in [-0.2, -0.15) is 5.26 Å². The second kappa shape index (κ2) is 9.19. The average molecular weight is 459 g/mol. The third-order valence-electron chi connectivity index (χ3n) is 5.35. The summed E-state index contributed by atoms with van der Waals surface area (Å²) in [5.41, 5.74) is 2.00. The van der Waals surface area contributed by atoms with Crippen LogP contribution in [0.1, 0.15) is 18.2 Å². The van der Waals surface area contributed by atoms with Crippen LogP contribution in [0.2, 0.25) is 5.02 Å². The molecule has 33 heavy (non-hydrogen) atoms. The Bertz CT molecular complexity index is 1340. The molecule has 7 heteroatoms. The molecule has 0 N–H and O–H groups in total. The van der Waals surface area contributed by atoms with E-state index in [1.807, 2.05) is 18.2 Å². The van der Waals surface area contributed by atoms with E-state index in [2.05, 4.69) is 0 Å². The molecule has 1 aliphatic rings. The summed E-state index contributed by atoms with van der Waals surface area (Å²) in [5.74, 6) is 0.557. The average Bonchev–Trinajstić information content (AvgIpc) is 3.29. The van der Waals surface area contributed by atoms with Gasteiger partial charge in [0.05, 0.1) is 13.7 Å². The molecule has 0 atom stereocenters. The molecule has 0 aliphatic carbocycles. The Morgan fingerprint density at radius 2 is 1.85 bits per heavy atom. The normalized spacial score (nSPS) is 15.2. The van der Waals surface area contributed by atoms with Crippen LogP contribution in [0.15, 0.2) is 81.8 Å². The number of rotatable bonds is 5. The van der Waals surface area contributed by atoms with Crippen LogP contribution in [0.25, 0.3) is 17.4 Å². The molecule has 164 valence electrons. The molecule has 0 saturated carbocycles. The molecule has 0 bridgehead atoms. The van der Waals surface area contributed by atoms with Crippen LogP contribution in [0.3, 0.4) is 0 Å². The van der Waals surface area contributed by atoms with E-state index in [9.17, 15) is 14.9 Å². The number of halogens is 1. The molecule has 1 aliphatic heterocycles. The predicted octanol–water partition coefficient (Wildman–Crippen LogP) is 5.40. The molecule has 2 aromatic carbocycles. The van der Waals surface area contributed by atoms with Gasteiger partial charge in [-0.1, -0.05) is 35.9 Å². The Morgan fingerprint density at radius 3 is 2.52 bits per heavy atom. The van der Waals surface area contributed by atoms with E-state index in [-0.39, 0.29) is 17.7 Å². The van der Waals surface area contributed by atoms with Gasteiger partial charge in [-0.05, 0) is 60.5 Å². The molecule has 6 nitrogen and oxygen atoms in total. The number of hydrogen-bond acceptors (Lipinski definition) is 5. The predicted molar refractivity (Wildman–Crippen MR) is 124 cm³/mol. The van der Waals surface area contributed by atoms with Crippen LogP contribution in [0.4, 0.5) is 0 Å². The maximum absolute atomic E-state index is 13.3. The largest absolute Gasteiger partial charge is 0.497 e. The van der Waals surface area contributed by atoms with Crippen molar-refractivity contribution in [3.8, 4) is 23.1 Å². The lowest BCUT2D eigenvalue weighted by molar-refractivity contribution is -0.141. The Balaban J connectivity index is 1.69. The van der Waals surface area contributed by atoms with E-state index in [0.717, 1.165) is 16.0 Å². The van der Waals surface area contributed by atoms with Crippen LogP contribution in [-0.4, -0.2) is 23.8 Å². The van der Waals surface area contributed by atoms with Gasteiger partial charge in [0.25, 0.3) is 11.8 Å². The highest BCUT2D eigenvalue weighted by Crippen LogP contribution is 2.30. The van der Waals surface area contributed by atoms with Crippen molar-refractivity contribution in [3.63, 3.8) is 0 Å². The fourth-order valence-electron chi connectivity index (χ4n) is 3.56. The number of imide groups is 1. The highest BCUT2D eigenvalue weighted by atomic mass is 35.5. The number of benzene rings is 2. The molecule has 3 aromatic rings. The number of carbonyl (C=O) groups is 2. The summed E-state index contributed by atoms with van der Waals surface area (Å²) >= 11 is 6.06. The minimum Gasteiger partial charge on any atom is -0.497 e. The number of nitriles is 1. The third-order valence-corrected chi connectivity index (χ3v) is 5.58. The van der Waals surface area contributed by atoms with Crippen molar-refractivity contribution in [1.29, 1.82) is 5.26 Å². The van der Waals surface area contributed by atoms with E-state index in [1.54, 1.807) is 68.6 Å². The van der Waals surface area contributed by atoms with Gasteiger partial charge in [0.1, 0.15) is 28.9 Å². The lowest BCUT2D eigenvalue weighted by Gasteiger charge is -2.27. The first-order valence-corrected chi connectivity index (χ1v) is 10.5. The topological polar surface area (TPSA) is 83.5 Å². The highest BCUT2D eigenvalue weighted by molar-refractivity contribution is 6.30. The first-order valence-electron chi connectivity index (χ1n) is 10.1. The number of methoxy groups -OCH3 is 1. The quantitative estimate of drug-likeness (QED) is 0.377. The smallest absolute Gasteiger partial charge is 0.271 e. The number of carbonyl (C=O) groups excluding carboxylic acids is 2. The first kappa shape index (κ1) is 22.1. The molecular formula is C26H19ClN2O4. The molecule has 0 unspecified atom stereocenters. The summed E-state index contributed by atoms with van der Waals surface area (Å²) in [6, 6.07) is 19.7. The SMILES string of the molecule is COc1ccc(CN2C(=O)C(C#N)=C(C)/C(=C\c3ccc(-c4cccc(Cl)c4)o3)C2=O)cc1. The van der Waals surface area contributed by atoms with Crippen molar-refractivity contribution in [2.75, 3.05) is 7.11 Å². The van der Waals surface area contributed by atoms with Gasteiger partial charge in [-0.3, -0.25) is 14.5 Å². The number of amides is 2. The number of furan rings is 1. The monoisotopic (exact) mass is 458 g/mol. The molecule has 2 amide bonds. The highest BCUT2D eigenvalue weighted by Gasteiger charge is 2.35. The summed E-state index contributed by atoms with van der Waals surface area (Å²) in [5, 5.41) is 10.2. The van der Waals surface area contributed by atoms with Gasteiger partial charge in [0, 0.05) is 16.2 Å². The van der Waals surface area contributed by atoms with Crippen molar-refractivity contribution in [2.45, 2.75) is 13.5 Å². The standard InChI is InChI=1S/C26H19ClN2O4/c1-16-22(13-21-10-11-24(33-21)18-4-3-5-19(27)12-18)25(30)29(26(31)23(16)14-28)15-17-6-8-20(32-2)9-7-17/h3-13H,15H2,1-2H3/b22-13+. The van der Waals surface area contributed by atoms with Gasteiger partial charge >= 0.3 is 0 Å². The summed E-state index contributed by atoms with van der Waals surface area (Å²) in [6.45, 7) is 1.62. The Morgan fingerprint density at radius 1 is 1.09 bits per heavy atom. The summed E-state index contributed by atoms with van der Waals surface area (Å²) in [4.78, 5) is 27.2. The zero-order chi connectivity index (χ0) is 23.5. The molecule has 0 fully saturated rings. The van der Waals surface area contributed by atoms with Crippen LogP contribution < -0.4 is 4.74 Å². The summed E-state index contributed by atoms with van der Waals surface area (Å²) < 4.78 is 11.0. The molecule has 1 aromatic heterocycles. The maximum Gasteiger partial charge on any atom is 0.271 e. The summed E-state index contributed by atoms with van der Waals surface area (Å²) in [7, 11) is 1.56. The first-order chi connectivity index (χ1) is 15.9. The van der Waals surface area contributed by atoms with E-state index in [4.69, 9.17) is 20.8 Å². The van der Waals surface area contributed by atoms with Crippen LogP contribution in [-0.2, 0) is 16.1 Å². The van der Waals surface area contributed by atoms with Crippen molar-refractivity contribution >= 4 is 29.5 Å². The number of ether oxygens (including phenoxy) is 1. The van der Waals surface area contributed by atoms with Gasteiger partial charge in [-0.25, -0.2) is 0 Å². The van der Waals surface area contributed by atoms with Gasteiger partial charge < -0.3 is 9.15 Å². The lowest BCUT2D eigenvalue weighted by atomic mass is 9.94. The summed E-state index contributed by atoms with van der Waals surface area (Å²) in [6.07, 6.45) is 1.55. The van der Waals surface area contributed by atoms with Crippen molar-refractivity contribution in [3.05, 3.63) is 93.7 Å². The second-order valence-electron chi connectivity index (χ2n) is 7.43. The number of hydrogen-bond donors (Lipinski definition) is 0. The molecule has 2 heterocycles. The Hall–Kier alpha value is -4.08. The lowest BCUT2D eigenvalue weighted by Crippen LogP contribution is -2.42. The molecule has 0 spiro atoms. The molecule has 0 radical (unpaired) electrons. The van der Waals surface area contributed by atoms with E-state index in [0.29, 0.717) is 27.9 Å². The fourth-order valence-corrected chi connectivity index (χ4v) is 3.75. The van der Waals surface area contributed by atoms with Gasteiger partial charge in [-0.15, -0.1) is 0 Å². The minimum atomic E-state index is -0.618. The van der Waals surface area contributed by atoms with Gasteiger partial charge in [0.2, 0.25) is 0 Å². The third kappa shape index (κ3) is 4.45. The van der Waals surface area contributed by atoms with E-state index >= 15 is 0 Å². The minimum absolute atomic E-state index is 0.0311. The molecular weight excluding hydrogens is 440 g/mol. The van der Waals surface area contributed by atoms with E-state index in [1.165, 1.54) is 0 Å². The Labute approximate surface area is 195 Å². The van der Waals surface area contributed by atoms with Crippen molar-refractivity contribution in [2.24, 2.45) is 0 Å². The fraction of sp³-hybridized carbons (Fsp3) is 0.115. The van der Waals surface area contributed by atoms with Crippen LogP contribution in [0, 0.1) is 11.3 Å². The van der Waals surface area contributed by atoms with Crippen LogP contribution in [0.5, 0.6) is 5.75 Å². The molecule has 4 rings (SSSR count). The molecule has 0 saturated heterocycles. The zero-order valence-corrected chi connectivity index (χ0v) is 18.7. The Kier molecular flexibility index (Phi) is 6.16. The second-order valence-corrected chi connectivity index (χ2v) is 7.86. The van der Waals surface area contributed by atoms with E-state index < -0.39 is 11.8 Å².